The van der Waals surface area contributed by atoms with Gasteiger partial charge in [-0.25, -0.2) is 4.39 Å². The molecule has 0 amide bonds. The Morgan fingerprint density at radius 1 is 1.03 bits per heavy atom. The Kier molecular flexibility index (Phi) is 11.1. The predicted octanol–water partition coefficient (Wildman–Crippen LogP) is 4.08. The van der Waals surface area contributed by atoms with Crippen LogP contribution in [0.3, 0.4) is 0 Å². The van der Waals surface area contributed by atoms with Gasteiger partial charge in [-0.15, -0.1) is 24.8 Å². The number of rotatable bonds is 9. The van der Waals surface area contributed by atoms with Crippen LogP contribution in [0.15, 0.2) is 54.7 Å². The molecule has 1 fully saturated rings. The highest BCUT2D eigenvalue weighted by atomic mass is 35.5. The third kappa shape index (κ3) is 7.09. The first-order chi connectivity index (χ1) is 15.6. The largest absolute Gasteiger partial charge is 0.464 e. The summed E-state index contributed by atoms with van der Waals surface area (Å²) in [6.07, 6.45) is 3.15. The number of esters is 1. The van der Waals surface area contributed by atoms with Crippen molar-refractivity contribution in [3.05, 3.63) is 66.1 Å². The number of carbonyl (C=O) groups is 1. The molecular weight excluding hydrogens is 478 g/mol. The second-order valence-corrected chi connectivity index (χ2v) is 8.22. The lowest BCUT2D eigenvalue weighted by atomic mass is 10.1. The molecule has 1 aliphatic heterocycles. The van der Waals surface area contributed by atoms with Gasteiger partial charge in [-0.3, -0.25) is 9.69 Å². The summed E-state index contributed by atoms with van der Waals surface area (Å²) in [5.74, 6) is -0.369. The van der Waals surface area contributed by atoms with E-state index in [1.807, 2.05) is 6.07 Å². The van der Waals surface area contributed by atoms with Crippen LogP contribution >= 0.6 is 24.8 Å². The number of anilines is 1. The van der Waals surface area contributed by atoms with E-state index in [1.54, 1.807) is 12.1 Å². The lowest BCUT2D eigenvalue weighted by Crippen LogP contribution is -2.47. The molecule has 0 spiro atoms. The van der Waals surface area contributed by atoms with Crippen molar-refractivity contribution in [2.45, 2.75) is 19.4 Å². The number of ether oxygens (including phenoxy) is 1. The van der Waals surface area contributed by atoms with Crippen molar-refractivity contribution in [3.63, 3.8) is 0 Å². The van der Waals surface area contributed by atoms with Crippen LogP contribution in [0.5, 0.6) is 0 Å². The molecule has 1 saturated heterocycles. The van der Waals surface area contributed by atoms with E-state index in [0.717, 1.165) is 43.8 Å². The first-order valence-corrected chi connectivity index (χ1v) is 11.3. The van der Waals surface area contributed by atoms with Crippen LogP contribution in [0.2, 0.25) is 0 Å². The van der Waals surface area contributed by atoms with E-state index < -0.39 is 0 Å². The lowest BCUT2D eigenvalue weighted by molar-refractivity contribution is -0.144. The normalized spacial score (nSPS) is 13.9. The maximum absolute atomic E-state index is 13.6. The molecule has 34 heavy (non-hydrogen) atoms. The van der Waals surface area contributed by atoms with Gasteiger partial charge in [0.05, 0.1) is 5.52 Å². The second kappa shape index (κ2) is 13.5. The monoisotopic (exact) mass is 510 g/mol. The lowest BCUT2D eigenvalue weighted by Gasteiger charge is -2.36. The van der Waals surface area contributed by atoms with Crippen molar-refractivity contribution in [3.8, 4) is 0 Å². The molecule has 0 aliphatic carbocycles. The second-order valence-electron chi connectivity index (χ2n) is 8.22. The number of piperazine rings is 1. The van der Waals surface area contributed by atoms with Crippen LogP contribution in [0.1, 0.15) is 18.4 Å². The van der Waals surface area contributed by atoms with Gasteiger partial charge in [0.25, 0.3) is 0 Å². The molecule has 2 aromatic carbocycles. The topological polar surface area (TPSA) is 63.7 Å². The van der Waals surface area contributed by atoms with Gasteiger partial charge in [-0.05, 0) is 48.9 Å². The van der Waals surface area contributed by atoms with Crippen LogP contribution < -0.4 is 10.6 Å². The van der Waals surface area contributed by atoms with E-state index in [1.165, 1.54) is 17.1 Å². The minimum atomic E-state index is -0.206. The standard InChI is InChI=1S/C25H31FN4O2.2ClH/c26-21-5-1-4-20(18-21)19-30-11-9-22-23(6-2-7-24(22)30)29-14-12-28(13-15-29)16-17-32-25(31)8-3-10-27;;/h1-2,4-7,9,11,18H,3,8,10,12-17,19,27H2;2*1H. The Labute approximate surface area is 212 Å². The van der Waals surface area contributed by atoms with E-state index in [9.17, 15) is 9.18 Å². The van der Waals surface area contributed by atoms with Crippen LogP contribution in [-0.2, 0) is 16.1 Å². The molecule has 0 bridgehead atoms. The van der Waals surface area contributed by atoms with E-state index in [-0.39, 0.29) is 36.6 Å². The third-order valence-corrected chi connectivity index (χ3v) is 6.00. The smallest absolute Gasteiger partial charge is 0.305 e. The zero-order chi connectivity index (χ0) is 22.3. The SMILES string of the molecule is Cl.Cl.NCCCC(=O)OCCN1CCN(c2cccc3c2ccn3Cc2cccc(F)c2)CC1. The predicted molar refractivity (Wildman–Crippen MR) is 140 cm³/mol. The number of halogens is 3. The minimum absolute atomic E-state index is 0. The molecule has 1 aromatic heterocycles. The van der Waals surface area contributed by atoms with Gasteiger partial charge in [0.1, 0.15) is 12.4 Å². The first kappa shape index (κ1) is 27.9. The molecule has 6 nitrogen and oxygen atoms in total. The zero-order valence-corrected chi connectivity index (χ0v) is 20.8. The van der Waals surface area contributed by atoms with Crippen LogP contribution in [0.4, 0.5) is 10.1 Å². The maximum atomic E-state index is 13.6. The molecule has 2 N–H and O–H groups in total. The van der Waals surface area contributed by atoms with Gasteiger partial charge in [0.2, 0.25) is 0 Å². The van der Waals surface area contributed by atoms with Gasteiger partial charge in [-0.1, -0.05) is 18.2 Å². The fourth-order valence-corrected chi connectivity index (χ4v) is 4.27. The summed E-state index contributed by atoms with van der Waals surface area (Å²) in [7, 11) is 0. The molecule has 4 rings (SSSR count). The summed E-state index contributed by atoms with van der Waals surface area (Å²) < 4.78 is 21.0. The first-order valence-electron chi connectivity index (χ1n) is 11.3. The number of nitrogens with zero attached hydrogens (tertiary/aromatic N) is 3. The maximum Gasteiger partial charge on any atom is 0.305 e. The van der Waals surface area contributed by atoms with Crippen molar-refractivity contribution in [2.24, 2.45) is 5.73 Å². The average Bonchev–Trinajstić information content (AvgIpc) is 3.21. The fourth-order valence-electron chi connectivity index (χ4n) is 4.27. The molecule has 3 aromatic rings. The number of hydrogen-bond acceptors (Lipinski definition) is 5. The Balaban J connectivity index is 0.00000204. The number of nitrogens with two attached hydrogens (primary N) is 1. The number of hydrogen-bond donors (Lipinski definition) is 1. The average molecular weight is 511 g/mol. The van der Waals surface area contributed by atoms with E-state index in [0.29, 0.717) is 32.5 Å². The summed E-state index contributed by atoms with van der Waals surface area (Å²) in [6, 6.07) is 15.3. The van der Waals surface area contributed by atoms with Gasteiger partial charge in [0.15, 0.2) is 0 Å². The van der Waals surface area contributed by atoms with Crippen molar-refractivity contribution in [1.82, 2.24) is 9.47 Å². The van der Waals surface area contributed by atoms with Crippen LogP contribution in [-0.4, -0.2) is 61.3 Å². The molecule has 0 atom stereocenters. The Hall–Kier alpha value is -2.32. The van der Waals surface area contributed by atoms with E-state index in [4.69, 9.17) is 10.5 Å². The molecule has 9 heteroatoms. The summed E-state index contributed by atoms with van der Waals surface area (Å²) in [6.45, 7) is 6.06. The number of carbonyl (C=O) groups excluding carboxylic acids is 1. The molecule has 0 unspecified atom stereocenters. The summed E-state index contributed by atoms with van der Waals surface area (Å²) in [4.78, 5) is 16.4. The Morgan fingerprint density at radius 2 is 1.79 bits per heavy atom. The summed E-state index contributed by atoms with van der Waals surface area (Å²) >= 11 is 0. The quantitative estimate of drug-likeness (QED) is 0.439. The Bertz CT molecular complexity index is 1050. The number of aromatic nitrogens is 1. The highest BCUT2D eigenvalue weighted by molar-refractivity contribution is 5.93. The number of fused-ring (bicyclic) bond motifs is 1. The molecule has 0 radical (unpaired) electrons. The molecule has 186 valence electrons. The van der Waals surface area contributed by atoms with E-state index >= 15 is 0 Å². The molecule has 2 heterocycles. The zero-order valence-electron chi connectivity index (χ0n) is 19.2. The van der Waals surface area contributed by atoms with Gasteiger partial charge in [0, 0.05) is 63.0 Å². The van der Waals surface area contributed by atoms with Gasteiger partial charge < -0.3 is 19.9 Å². The van der Waals surface area contributed by atoms with Gasteiger partial charge >= 0.3 is 5.97 Å². The van der Waals surface area contributed by atoms with E-state index in [2.05, 4.69) is 44.8 Å². The van der Waals surface area contributed by atoms with Crippen molar-refractivity contribution in [2.75, 3.05) is 50.8 Å². The van der Waals surface area contributed by atoms with Crippen molar-refractivity contribution < 1.29 is 13.9 Å². The molecular formula is C25H33Cl2FN4O2. The number of benzene rings is 2. The highest BCUT2D eigenvalue weighted by Crippen LogP contribution is 2.29. The summed E-state index contributed by atoms with van der Waals surface area (Å²) in [5.41, 5.74) is 8.75. The fraction of sp³-hybridized carbons (Fsp3) is 0.400. The highest BCUT2D eigenvalue weighted by Gasteiger charge is 2.19. The van der Waals surface area contributed by atoms with Crippen molar-refractivity contribution >= 4 is 47.4 Å². The third-order valence-electron chi connectivity index (χ3n) is 6.00. The summed E-state index contributed by atoms with van der Waals surface area (Å²) in [5, 5.41) is 1.21. The molecule has 1 aliphatic rings. The Morgan fingerprint density at radius 3 is 2.53 bits per heavy atom. The minimum Gasteiger partial charge on any atom is -0.464 e. The van der Waals surface area contributed by atoms with Crippen LogP contribution in [0, 0.1) is 5.82 Å². The van der Waals surface area contributed by atoms with Crippen molar-refractivity contribution in [1.29, 1.82) is 0 Å². The molecule has 0 saturated carbocycles. The van der Waals surface area contributed by atoms with Crippen LogP contribution in [0.25, 0.3) is 10.9 Å². The van der Waals surface area contributed by atoms with Gasteiger partial charge in [-0.2, -0.15) is 0 Å².